The topological polar surface area (TPSA) is 136 Å². The number of aliphatic hydroxyl groups excluding tert-OH is 1. The summed E-state index contributed by atoms with van der Waals surface area (Å²) >= 11 is 0. The van der Waals surface area contributed by atoms with Gasteiger partial charge in [0.1, 0.15) is 11.6 Å². The van der Waals surface area contributed by atoms with Crippen LogP contribution in [0.25, 0.3) is 11.3 Å². The van der Waals surface area contributed by atoms with Crippen molar-refractivity contribution in [1.82, 2.24) is 14.8 Å². The van der Waals surface area contributed by atoms with Crippen molar-refractivity contribution < 1.29 is 9.84 Å². The number of nitrogens with zero attached hydrogens (tertiary/aromatic N) is 4. The summed E-state index contributed by atoms with van der Waals surface area (Å²) in [6.07, 6.45) is 0.808. The average molecular weight is 350 g/mol. The minimum Gasteiger partial charge on any atom is -0.438 e. The minimum absolute atomic E-state index is 0.119. The lowest BCUT2D eigenvalue weighted by molar-refractivity contribution is 0.186. The zero-order valence-electron chi connectivity index (χ0n) is 14.1. The molecule has 132 valence electrons. The fraction of sp³-hybridized carbons (Fsp3) is 0.167. The van der Waals surface area contributed by atoms with E-state index in [2.05, 4.69) is 16.2 Å². The number of anilines is 1. The molecule has 0 amide bonds. The second-order valence-corrected chi connectivity index (χ2v) is 5.68. The molecular formula is C18H18N6O2. The Morgan fingerprint density at radius 3 is 2.69 bits per heavy atom. The highest BCUT2D eigenvalue weighted by Gasteiger charge is 2.14. The number of hydrogen-bond donors (Lipinski definition) is 3. The van der Waals surface area contributed by atoms with Crippen LogP contribution in [0, 0.1) is 11.3 Å². The third-order valence-corrected chi connectivity index (χ3v) is 3.85. The summed E-state index contributed by atoms with van der Waals surface area (Å²) in [7, 11) is 1.71. The molecule has 0 saturated heterocycles. The molecule has 0 spiro atoms. The van der Waals surface area contributed by atoms with Crippen molar-refractivity contribution in [2.75, 3.05) is 12.3 Å². The summed E-state index contributed by atoms with van der Waals surface area (Å²) in [6.45, 7) is 0.119. The molecule has 1 atom stereocenters. The summed E-state index contributed by atoms with van der Waals surface area (Å²) in [5.41, 5.74) is 13.6. The van der Waals surface area contributed by atoms with E-state index >= 15 is 0 Å². The van der Waals surface area contributed by atoms with E-state index in [1.807, 2.05) is 0 Å². The first-order valence-electron chi connectivity index (χ1n) is 7.87. The fourth-order valence-corrected chi connectivity index (χ4v) is 2.47. The Morgan fingerprint density at radius 1 is 1.31 bits per heavy atom. The van der Waals surface area contributed by atoms with Crippen LogP contribution in [0.2, 0.25) is 0 Å². The van der Waals surface area contributed by atoms with Crippen molar-refractivity contribution in [3.8, 4) is 29.0 Å². The molecule has 1 aromatic carbocycles. The summed E-state index contributed by atoms with van der Waals surface area (Å²) in [4.78, 5) is 4.38. The van der Waals surface area contributed by atoms with Crippen LogP contribution in [0.5, 0.6) is 11.6 Å². The maximum Gasteiger partial charge on any atom is 0.219 e. The number of pyridine rings is 1. The third kappa shape index (κ3) is 3.49. The van der Waals surface area contributed by atoms with E-state index in [0.29, 0.717) is 39.8 Å². The molecule has 0 saturated carbocycles. The normalized spacial score (nSPS) is 11.8. The number of aromatic nitrogens is 3. The van der Waals surface area contributed by atoms with Gasteiger partial charge in [0.05, 0.1) is 23.4 Å². The Bertz CT molecular complexity index is 959. The van der Waals surface area contributed by atoms with Crippen molar-refractivity contribution in [2.45, 2.75) is 6.10 Å². The third-order valence-electron chi connectivity index (χ3n) is 3.85. The van der Waals surface area contributed by atoms with Gasteiger partial charge in [-0.3, -0.25) is 4.98 Å². The van der Waals surface area contributed by atoms with Crippen LogP contribution in [0.3, 0.4) is 0 Å². The van der Waals surface area contributed by atoms with Gasteiger partial charge in [-0.25, -0.2) is 4.68 Å². The Kier molecular flexibility index (Phi) is 4.84. The molecule has 3 aromatic rings. The van der Waals surface area contributed by atoms with Gasteiger partial charge >= 0.3 is 0 Å². The maximum atomic E-state index is 9.79. The van der Waals surface area contributed by atoms with Crippen LogP contribution in [-0.2, 0) is 7.05 Å². The summed E-state index contributed by atoms with van der Waals surface area (Å²) in [5, 5.41) is 23.0. The van der Waals surface area contributed by atoms with Crippen molar-refractivity contribution >= 4 is 5.82 Å². The Morgan fingerprint density at radius 2 is 2.12 bits per heavy atom. The molecule has 1 unspecified atom stereocenters. The molecule has 3 rings (SSSR count). The highest BCUT2D eigenvalue weighted by Crippen LogP contribution is 2.34. The predicted octanol–water partition coefficient (Wildman–Crippen LogP) is 1.72. The van der Waals surface area contributed by atoms with E-state index in [4.69, 9.17) is 16.2 Å². The Hall–Kier alpha value is -3.41. The second kappa shape index (κ2) is 7.23. The molecule has 8 nitrogen and oxygen atoms in total. The van der Waals surface area contributed by atoms with Crippen LogP contribution >= 0.6 is 0 Å². The maximum absolute atomic E-state index is 9.79. The first-order chi connectivity index (χ1) is 12.5. The van der Waals surface area contributed by atoms with Gasteiger partial charge in [-0.2, -0.15) is 10.4 Å². The summed E-state index contributed by atoms with van der Waals surface area (Å²) in [6, 6.07) is 12.3. The standard InChI is InChI=1S/C18H18N6O2/c1-24-18(7-17(21)23-24)26-16-6-11(8-19)2-4-13(16)14-5-3-12(10-22-14)15(25)9-20/h2-7,10,15,25H,9,20H2,1H3,(H2,21,23). The number of rotatable bonds is 5. The molecule has 8 heteroatoms. The SMILES string of the molecule is Cn1nc(N)cc1Oc1cc(C#N)ccc1-c1ccc(C(O)CN)cn1. The van der Waals surface area contributed by atoms with Gasteiger partial charge in [-0.05, 0) is 24.3 Å². The summed E-state index contributed by atoms with van der Waals surface area (Å²) < 4.78 is 7.42. The van der Waals surface area contributed by atoms with Crippen LogP contribution in [0.4, 0.5) is 5.82 Å². The number of ether oxygens (including phenoxy) is 1. The molecule has 2 aromatic heterocycles. The molecule has 0 aliphatic rings. The Balaban J connectivity index is 2.01. The number of hydrogen-bond acceptors (Lipinski definition) is 7. The van der Waals surface area contributed by atoms with Gasteiger partial charge in [0.2, 0.25) is 5.88 Å². The lowest BCUT2D eigenvalue weighted by atomic mass is 10.1. The number of aryl methyl sites for hydroxylation is 1. The first-order valence-corrected chi connectivity index (χ1v) is 7.87. The van der Waals surface area contributed by atoms with Crippen molar-refractivity contribution in [1.29, 1.82) is 5.26 Å². The molecular weight excluding hydrogens is 332 g/mol. The molecule has 2 heterocycles. The number of nitriles is 1. The van der Waals surface area contributed by atoms with Crippen LogP contribution in [0.15, 0.2) is 42.6 Å². The van der Waals surface area contributed by atoms with Gasteiger partial charge in [0.25, 0.3) is 0 Å². The minimum atomic E-state index is -0.759. The lowest BCUT2D eigenvalue weighted by Crippen LogP contribution is -2.11. The summed E-state index contributed by atoms with van der Waals surface area (Å²) in [5.74, 6) is 1.22. The van der Waals surface area contributed by atoms with E-state index in [9.17, 15) is 10.4 Å². The molecule has 0 fully saturated rings. The van der Waals surface area contributed by atoms with E-state index in [-0.39, 0.29) is 6.54 Å². The van der Waals surface area contributed by atoms with Crippen LogP contribution in [0.1, 0.15) is 17.2 Å². The molecule has 0 bridgehead atoms. The van der Waals surface area contributed by atoms with Crippen LogP contribution in [-0.4, -0.2) is 26.4 Å². The molecule has 5 N–H and O–H groups in total. The average Bonchev–Trinajstić information content (AvgIpc) is 2.98. The zero-order valence-corrected chi connectivity index (χ0v) is 14.1. The van der Waals surface area contributed by atoms with Gasteiger partial charge in [0, 0.05) is 37.0 Å². The molecule has 0 aliphatic carbocycles. The first kappa shape index (κ1) is 17.4. The monoisotopic (exact) mass is 350 g/mol. The van der Waals surface area contributed by atoms with Crippen LogP contribution < -0.4 is 16.2 Å². The number of nitrogens with two attached hydrogens (primary N) is 2. The van der Waals surface area contributed by atoms with E-state index in [1.165, 1.54) is 4.68 Å². The zero-order chi connectivity index (χ0) is 18.7. The Labute approximate surface area is 150 Å². The fourth-order valence-electron chi connectivity index (χ4n) is 2.47. The molecule has 26 heavy (non-hydrogen) atoms. The largest absolute Gasteiger partial charge is 0.438 e. The smallest absolute Gasteiger partial charge is 0.219 e. The van der Waals surface area contributed by atoms with Crippen molar-refractivity contribution in [3.05, 3.63) is 53.7 Å². The van der Waals surface area contributed by atoms with E-state index in [1.54, 1.807) is 49.6 Å². The van der Waals surface area contributed by atoms with Gasteiger partial charge in [-0.1, -0.05) is 6.07 Å². The van der Waals surface area contributed by atoms with Gasteiger partial charge in [0.15, 0.2) is 0 Å². The highest BCUT2D eigenvalue weighted by atomic mass is 16.5. The quantitative estimate of drug-likeness (QED) is 0.637. The van der Waals surface area contributed by atoms with Crippen molar-refractivity contribution in [2.24, 2.45) is 12.8 Å². The molecule has 0 radical (unpaired) electrons. The predicted molar refractivity (Wildman–Crippen MR) is 96.1 cm³/mol. The number of benzene rings is 1. The highest BCUT2D eigenvalue weighted by molar-refractivity contribution is 5.69. The van der Waals surface area contributed by atoms with E-state index in [0.717, 1.165) is 0 Å². The van der Waals surface area contributed by atoms with Gasteiger partial charge < -0.3 is 21.3 Å². The van der Waals surface area contributed by atoms with E-state index < -0.39 is 6.10 Å². The molecule has 0 aliphatic heterocycles. The number of aliphatic hydroxyl groups is 1. The van der Waals surface area contributed by atoms with Gasteiger partial charge in [-0.15, -0.1) is 0 Å². The lowest BCUT2D eigenvalue weighted by Gasteiger charge is -2.12. The van der Waals surface area contributed by atoms with Crippen molar-refractivity contribution in [3.63, 3.8) is 0 Å². The second-order valence-electron chi connectivity index (χ2n) is 5.68. The number of nitrogen functional groups attached to an aromatic ring is 1.